The normalized spacial score (nSPS) is 14.6. The number of alkyl halides is 3. The number of rotatable bonds is 7. The molecule has 0 saturated heterocycles. The van der Waals surface area contributed by atoms with Crippen LogP contribution in [-0.4, -0.2) is 35.1 Å². The van der Waals surface area contributed by atoms with Crippen LogP contribution < -0.4 is 15.2 Å². The highest BCUT2D eigenvalue weighted by Crippen LogP contribution is 2.36. The molecular weight excluding hydrogens is 523 g/mol. The number of nitrogens with one attached hydrogen (secondary N) is 1. The minimum Gasteiger partial charge on any atom is -0.404 e. The van der Waals surface area contributed by atoms with Crippen molar-refractivity contribution in [2.75, 3.05) is 10.5 Å². The van der Waals surface area contributed by atoms with E-state index in [9.17, 15) is 26.4 Å². The molecule has 2 heterocycles. The van der Waals surface area contributed by atoms with Gasteiger partial charge in [-0.1, -0.05) is 37.1 Å². The number of benzene rings is 2. The number of ether oxygens (including phenoxy) is 1. The lowest BCUT2D eigenvalue weighted by atomic mass is 10.0. The average molecular weight is 546 g/mol. The highest BCUT2D eigenvalue weighted by Gasteiger charge is 2.34. The molecule has 38 heavy (non-hydrogen) atoms. The largest absolute Gasteiger partial charge is 0.573 e. The average Bonchev–Trinajstić information content (AvgIpc) is 3.51. The molecule has 0 spiro atoms. The summed E-state index contributed by atoms with van der Waals surface area (Å²) in [5.41, 5.74) is 7.05. The molecule has 198 valence electrons. The highest BCUT2D eigenvalue weighted by molar-refractivity contribution is 7.92. The van der Waals surface area contributed by atoms with Gasteiger partial charge in [0, 0.05) is 23.5 Å². The third-order valence-electron chi connectivity index (χ3n) is 6.34. The van der Waals surface area contributed by atoms with Crippen LogP contribution in [0.15, 0.2) is 66.0 Å². The van der Waals surface area contributed by atoms with Gasteiger partial charge in [-0.25, -0.2) is 18.4 Å². The van der Waals surface area contributed by atoms with Gasteiger partial charge in [-0.2, -0.15) is 0 Å². The van der Waals surface area contributed by atoms with Crippen LogP contribution in [0.25, 0.3) is 11.0 Å². The summed E-state index contributed by atoms with van der Waals surface area (Å²) in [6.45, 7) is 0. The maximum atomic E-state index is 13.6. The Bertz CT molecular complexity index is 1630. The van der Waals surface area contributed by atoms with E-state index in [2.05, 4.69) is 19.4 Å². The van der Waals surface area contributed by atoms with E-state index in [4.69, 9.17) is 5.73 Å². The molecule has 0 radical (unpaired) electrons. The van der Waals surface area contributed by atoms with Crippen molar-refractivity contribution in [3.8, 4) is 5.75 Å². The standard InChI is InChI=1S/C25H22F3N5O4S/c26-25(27,28)37-19-10-3-4-11-20(19)38(35,36)32-16-7-5-6-15(12-16)22(34)18-13-33(17-8-1-2-9-17)24-21(18)23(29)30-14-31-24/h3-7,10-14,17,32H,1-2,8-9H2,(H2,29,30,31). The van der Waals surface area contributed by atoms with Gasteiger partial charge in [-0.3, -0.25) is 9.52 Å². The zero-order valence-corrected chi connectivity index (χ0v) is 20.6. The lowest BCUT2D eigenvalue weighted by Crippen LogP contribution is -2.21. The number of nitrogens with zero attached hydrogens (tertiary/aromatic N) is 3. The third-order valence-corrected chi connectivity index (χ3v) is 7.76. The number of hydrogen-bond donors (Lipinski definition) is 2. The number of aromatic nitrogens is 3. The number of carbonyl (C=O) groups is 1. The topological polar surface area (TPSA) is 129 Å². The number of fused-ring (bicyclic) bond motifs is 1. The minimum absolute atomic E-state index is 0.0265. The third kappa shape index (κ3) is 5.01. The van der Waals surface area contributed by atoms with E-state index >= 15 is 0 Å². The summed E-state index contributed by atoms with van der Waals surface area (Å²) in [4.78, 5) is 21.3. The first kappa shape index (κ1) is 25.5. The molecule has 4 aromatic rings. The number of anilines is 2. The van der Waals surface area contributed by atoms with Crippen LogP contribution in [0.2, 0.25) is 0 Å². The van der Waals surface area contributed by atoms with E-state index in [1.807, 2.05) is 4.57 Å². The number of ketones is 1. The predicted octanol–water partition coefficient (Wildman–Crippen LogP) is 5.06. The van der Waals surface area contributed by atoms with Crippen molar-refractivity contribution >= 4 is 38.3 Å². The van der Waals surface area contributed by atoms with Crippen LogP contribution in [0.1, 0.15) is 47.6 Å². The number of nitrogens with two attached hydrogens (primary N) is 1. The number of halogens is 3. The van der Waals surface area contributed by atoms with E-state index in [1.54, 1.807) is 6.20 Å². The van der Waals surface area contributed by atoms with Gasteiger partial charge in [0.15, 0.2) is 5.78 Å². The molecular formula is C25H22F3N5O4S. The molecule has 9 nitrogen and oxygen atoms in total. The summed E-state index contributed by atoms with van der Waals surface area (Å²) < 4.78 is 72.3. The Morgan fingerprint density at radius 3 is 2.55 bits per heavy atom. The molecule has 0 unspecified atom stereocenters. The first-order chi connectivity index (χ1) is 18.0. The second kappa shape index (κ2) is 9.63. The van der Waals surface area contributed by atoms with Gasteiger partial charge >= 0.3 is 6.36 Å². The van der Waals surface area contributed by atoms with Crippen molar-refractivity contribution in [3.05, 3.63) is 72.2 Å². The zero-order chi connectivity index (χ0) is 27.1. The number of carbonyl (C=O) groups excluding carboxylic acids is 1. The van der Waals surface area contributed by atoms with Gasteiger partial charge in [0.1, 0.15) is 28.4 Å². The van der Waals surface area contributed by atoms with Gasteiger partial charge in [0.25, 0.3) is 10.0 Å². The number of sulfonamides is 1. The smallest absolute Gasteiger partial charge is 0.404 e. The minimum atomic E-state index is -5.08. The summed E-state index contributed by atoms with van der Waals surface area (Å²) in [7, 11) is -4.50. The monoisotopic (exact) mass is 545 g/mol. The van der Waals surface area contributed by atoms with Gasteiger partial charge < -0.3 is 15.0 Å². The van der Waals surface area contributed by atoms with Crippen LogP contribution in [0, 0.1) is 0 Å². The lowest BCUT2D eigenvalue weighted by Gasteiger charge is -2.14. The predicted molar refractivity (Wildman–Crippen MR) is 133 cm³/mol. The molecule has 3 N–H and O–H groups in total. The Morgan fingerprint density at radius 2 is 1.82 bits per heavy atom. The van der Waals surface area contributed by atoms with Gasteiger partial charge in [0.2, 0.25) is 0 Å². The lowest BCUT2D eigenvalue weighted by molar-refractivity contribution is -0.275. The molecule has 1 fully saturated rings. The van der Waals surface area contributed by atoms with Crippen molar-refractivity contribution in [3.63, 3.8) is 0 Å². The Morgan fingerprint density at radius 1 is 1.08 bits per heavy atom. The molecule has 1 aliphatic carbocycles. The molecule has 2 aromatic heterocycles. The second-order valence-electron chi connectivity index (χ2n) is 8.86. The van der Waals surface area contributed by atoms with Crippen LogP contribution in [0.3, 0.4) is 0 Å². The molecule has 0 amide bonds. The number of hydrogen-bond acceptors (Lipinski definition) is 7. The van der Waals surface area contributed by atoms with Crippen molar-refractivity contribution < 1.29 is 31.1 Å². The number of nitrogen functional groups attached to an aromatic ring is 1. The molecule has 13 heteroatoms. The summed E-state index contributed by atoms with van der Waals surface area (Å²) in [5, 5.41) is 0.411. The first-order valence-corrected chi connectivity index (χ1v) is 13.2. The molecule has 0 bridgehead atoms. The van der Waals surface area contributed by atoms with Crippen LogP contribution >= 0.6 is 0 Å². The van der Waals surface area contributed by atoms with E-state index in [0.717, 1.165) is 37.8 Å². The zero-order valence-electron chi connectivity index (χ0n) is 19.8. The second-order valence-corrected chi connectivity index (χ2v) is 10.5. The maximum absolute atomic E-state index is 13.6. The molecule has 5 rings (SSSR count). The van der Waals surface area contributed by atoms with E-state index in [0.29, 0.717) is 11.0 Å². The summed E-state index contributed by atoms with van der Waals surface area (Å²) in [6, 6.07) is 10.2. The fourth-order valence-electron chi connectivity index (χ4n) is 4.71. The van der Waals surface area contributed by atoms with E-state index in [1.165, 1.54) is 42.7 Å². The van der Waals surface area contributed by atoms with Crippen LogP contribution in [-0.2, 0) is 10.0 Å². The van der Waals surface area contributed by atoms with Gasteiger partial charge in [0.05, 0.1) is 10.9 Å². The Labute approximate surface area is 215 Å². The molecule has 1 saturated carbocycles. The van der Waals surface area contributed by atoms with Crippen molar-refractivity contribution in [2.45, 2.75) is 43.0 Å². The molecule has 1 aliphatic rings. The van der Waals surface area contributed by atoms with Crippen LogP contribution in [0.5, 0.6) is 5.75 Å². The Hall–Kier alpha value is -4.13. The van der Waals surface area contributed by atoms with Gasteiger partial charge in [-0.05, 0) is 37.1 Å². The van der Waals surface area contributed by atoms with Crippen molar-refractivity contribution in [1.29, 1.82) is 0 Å². The summed E-state index contributed by atoms with van der Waals surface area (Å²) >= 11 is 0. The Kier molecular flexibility index (Phi) is 6.47. The fourth-order valence-corrected chi connectivity index (χ4v) is 5.89. The van der Waals surface area contributed by atoms with Crippen molar-refractivity contribution in [1.82, 2.24) is 14.5 Å². The van der Waals surface area contributed by atoms with Crippen LogP contribution in [0.4, 0.5) is 24.7 Å². The highest BCUT2D eigenvalue weighted by atomic mass is 32.2. The van der Waals surface area contributed by atoms with E-state index < -0.39 is 32.8 Å². The SMILES string of the molecule is Nc1ncnc2c1c(C(=O)c1cccc(NS(=O)(=O)c3ccccc3OC(F)(F)F)c1)cn2C1CCCC1. The summed E-state index contributed by atoms with van der Waals surface area (Å²) in [6.07, 6.45) is 1.97. The Balaban J connectivity index is 1.49. The summed E-state index contributed by atoms with van der Waals surface area (Å²) in [5.74, 6) is -1.17. The number of para-hydroxylation sites is 1. The first-order valence-electron chi connectivity index (χ1n) is 11.7. The quantitative estimate of drug-likeness (QED) is 0.311. The maximum Gasteiger partial charge on any atom is 0.573 e. The van der Waals surface area contributed by atoms with E-state index in [-0.39, 0.29) is 28.7 Å². The van der Waals surface area contributed by atoms with Gasteiger partial charge in [-0.15, -0.1) is 13.2 Å². The fraction of sp³-hybridized carbons (Fsp3) is 0.240. The molecule has 2 aromatic carbocycles. The molecule has 0 atom stereocenters. The molecule has 0 aliphatic heterocycles. The van der Waals surface area contributed by atoms with Crippen molar-refractivity contribution in [2.24, 2.45) is 0 Å².